The molecule has 0 saturated heterocycles. The smallest absolute Gasteiger partial charge is 0.125 e. The number of aryl methyl sites for hydroxylation is 2. The van der Waals surface area contributed by atoms with Crippen molar-refractivity contribution >= 4 is 21.7 Å². The first-order valence-electron chi connectivity index (χ1n) is 7.18. The van der Waals surface area contributed by atoms with E-state index in [1.54, 1.807) is 0 Å². The van der Waals surface area contributed by atoms with Crippen molar-refractivity contribution in [3.05, 3.63) is 51.6 Å². The van der Waals surface area contributed by atoms with Crippen LogP contribution in [0.4, 0.5) is 5.82 Å². The summed E-state index contributed by atoms with van der Waals surface area (Å²) in [6.07, 6.45) is 2.95. The van der Waals surface area contributed by atoms with Crippen LogP contribution >= 0.6 is 15.9 Å². The number of hydrogen-bond donors (Lipinski definition) is 1. The molecule has 2 rings (SSSR count). The lowest BCUT2D eigenvalue weighted by Crippen LogP contribution is -2.03. The van der Waals surface area contributed by atoms with Crippen molar-refractivity contribution in [2.45, 2.75) is 33.8 Å². The van der Waals surface area contributed by atoms with Gasteiger partial charge in [0.2, 0.25) is 0 Å². The zero-order valence-electron chi connectivity index (χ0n) is 12.7. The van der Waals surface area contributed by atoms with Gasteiger partial charge in [0.15, 0.2) is 0 Å². The lowest BCUT2D eigenvalue weighted by Gasteiger charge is -2.10. The Morgan fingerprint density at radius 2 is 1.90 bits per heavy atom. The number of rotatable bonds is 6. The molecule has 0 bridgehead atoms. The normalized spacial score (nSPS) is 10.5. The maximum Gasteiger partial charge on any atom is 0.125 e. The summed E-state index contributed by atoms with van der Waals surface area (Å²) in [7, 11) is 0. The fourth-order valence-corrected chi connectivity index (χ4v) is 2.25. The summed E-state index contributed by atoms with van der Waals surface area (Å²) in [5, 5.41) is 3.26. The van der Waals surface area contributed by atoms with Gasteiger partial charge in [-0.3, -0.25) is 0 Å². The van der Waals surface area contributed by atoms with E-state index in [0.717, 1.165) is 34.6 Å². The fraction of sp³-hybridized carbons (Fsp3) is 0.353. The number of ether oxygens (including phenoxy) is 1. The molecule has 0 unspecified atom stereocenters. The molecule has 0 fully saturated rings. The summed E-state index contributed by atoms with van der Waals surface area (Å²) in [6, 6.07) is 8.12. The van der Waals surface area contributed by atoms with Gasteiger partial charge >= 0.3 is 0 Å². The summed E-state index contributed by atoms with van der Waals surface area (Å²) in [4.78, 5) is 4.38. The van der Waals surface area contributed by atoms with E-state index in [9.17, 15) is 0 Å². The van der Waals surface area contributed by atoms with Crippen molar-refractivity contribution in [2.24, 2.45) is 0 Å². The molecule has 1 N–H and O–H groups in total. The van der Waals surface area contributed by atoms with Crippen molar-refractivity contribution < 1.29 is 4.74 Å². The first-order valence-corrected chi connectivity index (χ1v) is 7.97. The Hall–Kier alpha value is -1.55. The average molecular weight is 349 g/mol. The number of nitrogens with zero attached hydrogens (tertiary/aromatic N) is 1. The highest BCUT2D eigenvalue weighted by atomic mass is 79.9. The molecule has 0 aliphatic rings. The Morgan fingerprint density at radius 1 is 1.19 bits per heavy atom. The minimum atomic E-state index is 0.529. The SMILES string of the molecule is CCCNc1ccc(COc2cc(C)c(Br)c(C)c2)cn1. The van der Waals surface area contributed by atoms with Gasteiger partial charge < -0.3 is 10.1 Å². The predicted octanol–water partition coefficient (Wildman–Crippen LogP) is 4.86. The van der Waals surface area contributed by atoms with Gasteiger partial charge in [0, 0.05) is 22.8 Å². The van der Waals surface area contributed by atoms with Crippen LogP contribution in [0.2, 0.25) is 0 Å². The number of benzene rings is 1. The number of hydrogen-bond acceptors (Lipinski definition) is 3. The second-order valence-electron chi connectivity index (χ2n) is 5.14. The van der Waals surface area contributed by atoms with Crippen LogP contribution in [0.3, 0.4) is 0 Å². The Balaban J connectivity index is 1.96. The third-order valence-electron chi connectivity index (χ3n) is 3.20. The van der Waals surface area contributed by atoms with Crippen LogP contribution in [0.25, 0.3) is 0 Å². The molecule has 0 radical (unpaired) electrons. The molecule has 0 spiro atoms. The van der Waals surface area contributed by atoms with Gasteiger partial charge in [-0.05, 0) is 49.6 Å². The Morgan fingerprint density at radius 3 is 2.48 bits per heavy atom. The van der Waals surface area contributed by atoms with E-state index in [-0.39, 0.29) is 0 Å². The number of halogens is 1. The van der Waals surface area contributed by atoms with Crippen LogP contribution in [-0.2, 0) is 6.61 Å². The van der Waals surface area contributed by atoms with Gasteiger partial charge in [-0.15, -0.1) is 0 Å². The molecule has 1 heterocycles. The van der Waals surface area contributed by atoms with Gasteiger partial charge in [0.05, 0.1) is 0 Å². The van der Waals surface area contributed by atoms with Crippen molar-refractivity contribution in [3.63, 3.8) is 0 Å². The minimum Gasteiger partial charge on any atom is -0.489 e. The van der Waals surface area contributed by atoms with Gasteiger partial charge in [-0.1, -0.05) is 28.9 Å². The molecule has 1 aromatic heterocycles. The van der Waals surface area contributed by atoms with Crippen LogP contribution in [0.5, 0.6) is 5.75 Å². The maximum absolute atomic E-state index is 5.85. The second-order valence-corrected chi connectivity index (χ2v) is 5.93. The highest BCUT2D eigenvalue weighted by Gasteiger charge is 2.04. The summed E-state index contributed by atoms with van der Waals surface area (Å²) in [6.45, 7) is 7.75. The van der Waals surface area contributed by atoms with Crippen LogP contribution in [-0.4, -0.2) is 11.5 Å². The third-order valence-corrected chi connectivity index (χ3v) is 4.45. The van der Waals surface area contributed by atoms with E-state index in [2.05, 4.69) is 47.0 Å². The van der Waals surface area contributed by atoms with E-state index in [1.165, 1.54) is 11.1 Å². The molecule has 1 aromatic carbocycles. The number of nitrogens with one attached hydrogen (secondary N) is 1. The summed E-state index contributed by atoms with van der Waals surface area (Å²) in [5.41, 5.74) is 3.43. The average Bonchev–Trinajstić information content (AvgIpc) is 2.49. The molecule has 21 heavy (non-hydrogen) atoms. The molecule has 0 atom stereocenters. The summed E-state index contributed by atoms with van der Waals surface area (Å²) in [5.74, 6) is 1.80. The Labute approximate surface area is 134 Å². The maximum atomic E-state index is 5.85. The lowest BCUT2D eigenvalue weighted by molar-refractivity contribution is 0.305. The van der Waals surface area contributed by atoms with Gasteiger partial charge in [-0.2, -0.15) is 0 Å². The summed E-state index contributed by atoms with van der Waals surface area (Å²) >= 11 is 3.57. The molecule has 3 nitrogen and oxygen atoms in total. The molecule has 2 aromatic rings. The van der Waals surface area contributed by atoms with Crippen LogP contribution in [0, 0.1) is 13.8 Å². The molecule has 0 aliphatic carbocycles. The standard InChI is InChI=1S/C17H21BrN2O/c1-4-7-19-16-6-5-14(10-20-16)11-21-15-8-12(2)17(18)13(3)9-15/h5-6,8-10H,4,7,11H2,1-3H3,(H,19,20). The van der Waals surface area contributed by atoms with Crippen molar-refractivity contribution in [2.75, 3.05) is 11.9 Å². The first kappa shape index (κ1) is 15.8. The predicted molar refractivity (Wildman–Crippen MR) is 91.0 cm³/mol. The Kier molecular flexibility index (Phi) is 5.62. The minimum absolute atomic E-state index is 0.529. The number of aromatic nitrogens is 1. The van der Waals surface area contributed by atoms with Gasteiger partial charge in [-0.25, -0.2) is 4.98 Å². The quantitative estimate of drug-likeness (QED) is 0.809. The highest BCUT2D eigenvalue weighted by Crippen LogP contribution is 2.26. The number of pyridine rings is 1. The van der Waals surface area contributed by atoms with E-state index < -0.39 is 0 Å². The second kappa shape index (κ2) is 7.46. The number of anilines is 1. The molecule has 4 heteroatoms. The molecule has 0 saturated carbocycles. The largest absolute Gasteiger partial charge is 0.489 e. The molecule has 0 amide bonds. The zero-order valence-corrected chi connectivity index (χ0v) is 14.3. The zero-order chi connectivity index (χ0) is 15.2. The van der Waals surface area contributed by atoms with E-state index in [1.807, 2.05) is 30.5 Å². The topological polar surface area (TPSA) is 34.1 Å². The van der Waals surface area contributed by atoms with E-state index in [0.29, 0.717) is 6.61 Å². The Bertz CT molecular complexity index is 573. The van der Waals surface area contributed by atoms with Crippen LogP contribution in [0.1, 0.15) is 30.0 Å². The van der Waals surface area contributed by atoms with Crippen molar-refractivity contribution in [1.82, 2.24) is 4.98 Å². The van der Waals surface area contributed by atoms with Crippen molar-refractivity contribution in [1.29, 1.82) is 0 Å². The van der Waals surface area contributed by atoms with Crippen molar-refractivity contribution in [3.8, 4) is 5.75 Å². The molecule has 0 aliphatic heterocycles. The molecular formula is C17H21BrN2O. The molecule has 112 valence electrons. The highest BCUT2D eigenvalue weighted by molar-refractivity contribution is 9.10. The van der Waals surface area contributed by atoms with Gasteiger partial charge in [0.1, 0.15) is 18.2 Å². The fourth-order valence-electron chi connectivity index (χ4n) is 2.02. The summed E-state index contributed by atoms with van der Waals surface area (Å²) < 4.78 is 6.99. The molecular weight excluding hydrogens is 328 g/mol. The first-order chi connectivity index (χ1) is 10.1. The van der Waals surface area contributed by atoms with Gasteiger partial charge in [0.25, 0.3) is 0 Å². The van der Waals surface area contributed by atoms with Crippen LogP contribution < -0.4 is 10.1 Å². The van der Waals surface area contributed by atoms with E-state index >= 15 is 0 Å². The third kappa shape index (κ3) is 4.46. The monoisotopic (exact) mass is 348 g/mol. The lowest BCUT2D eigenvalue weighted by atomic mass is 10.1. The van der Waals surface area contributed by atoms with Crippen LogP contribution in [0.15, 0.2) is 34.9 Å². The van der Waals surface area contributed by atoms with E-state index in [4.69, 9.17) is 4.74 Å².